The Hall–Kier alpha value is -1.25. The summed E-state index contributed by atoms with van der Waals surface area (Å²) in [5.41, 5.74) is 1.12. The molecular formula is C22H29N2NaO4S. The fourth-order valence-corrected chi connectivity index (χ4v) is 3.30. The molecule has 0 atom stereocenters. The Bertz CT molecular complexity index is 854. The molecule has 0 aliphatic carbocycles. The number of ether oxygens (including phenoxy) is 1. The number of azo groups is 1. The number of rotatable bonds is 13. The second kappa shape index (κ2) is 14.7. The van der Waals surface area contributed by atoms with Crippen LogP contribution < -0.4 is 34.3 Å². The van der Waals surface area contributed by atoms with Crippen LogP contribution >= 0.6 is 0 Å². The third kappa shape index (κ3) is 10.7. The van der Waals surface area contributed by atoms with Gasteiger partial charge < -0.3 is 9.29 Å². The first-order valence-electron chi connectivity index (χ1n) is 10.2. The van der Waals surface area contributed by atoms with E-state index in [0.29, 0.717) is 18.0 Å². The van der Waals surface area contributed by atoms with Crippen LogP contribution in [-0.4, -0.2) is 19.6 Å². The maximum Gasteiger partial charge on any atom is 1.00 e. The SMILES string of the molecule is CCCCCCCCCCOc1ccc(N=Nc2ccc(S(=O)(=O)[O-])cc2)cc1.[Na+]. The molecule has 0 saturated heterocycles. The Morgan fingerprint density at radius 3 is 1.73 bits per heavy atom. The van der Waals surface area contributed by atoms with Crippen molar-refractivity contribution in [2.45, 2.75) is 63.2 Å². The van der Waals surface area contributed by atoms with Crippen LogP contribution in [0.15, 0.2) is 63.7 Å². The molecule has 0 aliphatic heterocycles. The van der Waals surface area contributed by atoms with E-state index in [-0.39, 0.29) is 34.5 Å². The molecule has 0 unspecified atom stereocenters. The van der Waals surface area contributed by atoms with Gasteiger partial charge in [-0.15, -0.1) is 0 Å². The van der Waals surface area contributed by atoms with Crippen molar-refractivity contribution in [2.24, 2.45) is 10.2 Å². The fraction of sp³-hybridized carbons (Fsp3) is 0.455. The normalized spacial score (nSPS) is 11.4. The van der Waals surface area contributed by atoms with Gasteiger partial charge in [0.05, 0.1) is 22.9 Å². The van der Waals surface area contributed by atoms with E-state index in [1.807, 2.05) is 24.3 Å². The molecule has 0 aliphatic rings. The largest absolute Gasteiger partial charge is 1.00 e. The molecule has 30 heavy (non-hydrogen) atoms. The zero-order chi connectivity index (χ0) is 21.0. The Labute approximate surface area is 202 Å². The molecule has 2 aromatic carbocycles. The van der Waals surface area contributed by atoms with Crippen molar-refractivity contribution in [3.63, 3.8) is 0 Å². The van der Waals surface area contributed by atoms with Gasteiger partial charge in [-0.05, 0) is 55.0 Å². The zero-order valence-electron chi connectivity index (χ0n) is 17.9. The van der Waals surface area contributed by atoms with E-state index in [9.17, 15) is 13.0 Å². The minimum absolute atomic E-state index is 0. The van der Waals surface area contributed by atoms with Gasteiger partial charge in [0.1, 0.15) is 15.9 Å². The first kappa shape index (κ1) is 26.8. The van der Waals surface area contributed by atoms with Crippen molar-refractivity contribution >= 4 is 21.5 Å². The summed E-state index contributed by atoms with van der Waals surface area (Å²) in [4.78, 5) is -0.283. The first-order valence-corrected chi connectivity index (χ1v) is 11.6. The van der Waals surface area contributed by atoms with Crippen molar-refractivity contribution in [1.82, 2.24) is 0 Å². The monoisotopic (exact) mass is 440 g/mol. The first-order chi connectivity index (χ1) is 14.0. The third-order valence-corrected chi connectivity index (χ3v) is 5.36. The van der Waals surface area contributed by atoms with Crippen LogP contribution in [0.1, 0.15) is 58.3 Å². The average molecular weight is 441 g/mol. The smallest absolute Gasteiger partial charge is 0.744 e. The summed E-state index contributed by atoms with van der Waals surface area (Å²) in [5.74, 6) is 0.803. The van der Waals surface area contributed by atoms with Gasteiger partial charge >= 0.3 is 29.6 Å². The number of benzene rings is 2. The van der Waals surface area contributed by atoms with E-state index in [1.165, 1.54) is 69.2 Å². The Morgan fingerprint density at radius 2 is 1.23 bits per heavy atom. The van der Waals surface area contributed by atoms with Crippen LogP contribution in [0.2, 0.25) is 0 Å². The van der Waals surface area contributed by atoms with Gasteiger partial charge in [0.15, 0.2) is 0 Å². The second-order valence-electron chi connectivity index (χ2n) is 6.97. The molecule has 0 saturated carbocycles. The fourth-order valence-electron chi connectivity index (χ4n) is 2.83. The van der Waals surface area contributed by atoms with Crippen molar-refractivity contribution < 1.29 is 47.3 Å². The molecule has 158 valence electrons. The summed E-state index contributed by atoms with van der Waals surface area (Å²) in [6, 6.07) is 12.6. The quantitative estimate of drug-likeness (QED) is 0.206. The van der Waals surface area contributed by atoms with Crippen LogP contribution in [0.3, 0.4) is 0 Å². The molecule has 0 amide bonds. The summed E-state index contributed by atoms with van der Waals surface area (Å²) in [7, 11) is -4.45. The molecule has 0 heterocycles. The second-order valence-corrected chi connectivity index (χ2v) is 8.34. The molecular weight excluding hydrogens is 411 g/mol. The van der Waals surface area contributed by atoms with E-state index >= 15 is 0 Å². The average Bonchev–Trinajstić information content (AvgIpc) is 2.71. The maximum atomic E-state index is 10.9. The van der Waals surface area contributed by atoms with Crippen LogP contribution in [-0.2, 0) is 10.1 Å². The van der Waals surface area contributed by atoms with Crippen molar-refractivity contribution in [2.75, 3.05) is 6.61 Å². The molecule has 0 bridgehead atoms. The molecule has 6 nitrogen and oxygen atoms in total. The minimum atomic E-state index is -4.45. The third-order valence-electron chi connectivity index (χ3n) is 4.51. The van der Waals surface area contributed by atoms with Gasteiger partial charge in [-0.25, -0.2) is 8.42 Å². The summed E-state index contributed by atoms with van der Waals surface area (Å²) in [6.45, 7) is 2.95. The predicted molar refractivity (Wildman–Crippen MR) is 113 cm³/mol. The molecule has 0 aromatic heterocycles. The van der Waals surface area contributed by atoms with Crippen LogP contribution in [0.4, 0.5) is 11.4 Å². The van der Waals surface area contributed by atoms with Gasteiger partial charge in [0.2, 0.25) is 0 Å². The topological polar surface area (TPSA) is 91.2 Å². The molecule has 0 spiro atoms. The van der Waals surface area contributed by atoms with E-state index in [0.717, 1.165) is 12.2 Å². The van der Waals surface area contributed by atoms with E-state index in [2.05, 4.69) is 17.2 Å². The number of hydrogen-bond acceptors (Lipinski definition) is 6. The molecule has 0 fully saturated rings. The number of unbranched alkanes of at least 4 members (excludes halogenated alkanes) is 7. The Balaban J connectivity index is 0.00000450. The van der Waals surface area contributed by atoms with Crippen LogP contribution in [0, 0.1) is 0 Å². The zero-order valence-corrected chi connectivity index (χ0v) is 20.7. The van der Waals surface area contributed by atoms with Crippen molar-refractivity contribution in [3.05, 3.63) is 48.5 Å². The van der Waals surface area contributed by atoms with Crippen molar-refractivity contribution in [1.29, 1.82) is 0 Å². The summed E-state index contributed by atoms with van der Waals surface area (Å²) in [6.07, 6.45) is 10.2. The molecule has 0 N–H and O–H groups in total. The standard InChI is InChI=1S/C22H30N2O4S.Na/c1-2-3-4-5-6-7-8-9-18-28-21-14-10-19(11-15-21)23-24-20-12-16-22(17-13-20)29(25,26)27;/h10-17H,2-9,18H2,1H3,(H,25,26,27);/q;+1/p-1. The number of nitrogens with zero attached hydrogens (tertiary/aromatic N) is 2. The summed E-state index contributed by atoms with van der Waals surface area (Å²) in [5, 5.41) is 8.14. The van der Waals surface area contributed by atoms with Gasteiger partial charge in [0.25, 0.3) is 0 Å². The number of hydrogen-bond donors (Lipinski definition) is 0. The Morgan fingerprint density at radius 1 is 0.767 bits per heavy atom. The molecule has 8 heteroatoms. The van der Waals surface area contributed by atoms with Gasteiger partial charge in [-0.3, -0.25) is 0 Å². The summed E-state index contributed by atoms with van der Waals surface area (Å²) >= 11 is 0. The van der Waals surface area contributed by atoms with E-state index < -0.39 is 10.1 Å². The van der Waals surface area contributed by atoms with Gasteiger partial charge in [0, 0.05) is 0 Å². The van der Waals surface area contributed by atoms with E-state index in [1.54, 1.807) is 0 Å². The van der Waals surface area contributed by atoms with Crippen molar-refractivity contribution in [3.8, 4) is 5.75 Å². The minimum Gasteiger partial charge on any atom is -0.744 e. The predicted octanol–water partition coefficient (Wildman–Crippen LogP) is 3.53. The molecule has 2 rings (SSSR count). The van der Waals surface area contributed by atoms with Gasteiger partial charge in [-0.1, -0.05) is 51.9 Å². The summed E-state index contributed by atoms with van der Waals surface area (Å²) < 4.78 is 38.5. The Kier molecular flexibility index (Phi) is 13.1. The van der Waals surface area contributed by atoms with E-state index in [4.69, 9.17) is 4.74 Å². The maximum absolute atomic E-state index is 10.9. The molecule has 2 aromatic rings. The van der Waals surface area contributed by atoms with Gasteiger partial charge in [-0.2, -0.15) is 10.2 Å². The molecule has 0 radical (unpaired) electrons. The van der Waals surface area contributed by atoms with Crippen LogP contribution in [0.5, 0.6) is 5.75 Å². The van der Waals surface area contributed by atoms with Crippen LogP contribution in [0.25, 0.3) is 0 Å².